The zero-order valence-corrected chi connectivity index (χ0v) is 18.7. The van der Waals surface area contributed by atoms with E-state index in [9.17, 15) is 13.2 Å². The van der Waals surface area contributed by atoms with E-state index in [1.54, 1.807) is 30.3 Å². The molecule has 0 saturated carbocycles. The lowest BCUT2D eigenvalue weighted by atomic mass is 10.1. The van der Waals surface area contributed by atoms with Crippen molar-refractivity contribution in [1.29, 1.82) is 0 Å². The van der Waals surface area contributed by atoms with E-state index >= 15 is 0 Å². The van der Waals surface area contributed by atoms with Gasteiger partial charge in [0.25, 0.3) is 5.56 Å². The molecule has 6 nitrogen and oxygen atoms in total. The largest absolute Gasteiger partial charge is 0.377 e. The van der Waals surface area contributed by atoms with Crippen LogP contribution in [0.5, 0.6) is 0 Å². The standard InChI is InChI=1S/C24H28N2O4S/c1-3-18-8-11-23-19(13-18)14-20(24(27)25-23)15-26(16-21-5-4-12-30-21)31(28,29)22-9-6-17(2)7-10-22/h6-11,13-14,21H,3-5,12,15-16H2,1-2H3,(H,25,27)/t21-/m1/s1. The van der Waals surface area contributed by atoms with Gasteiger partial charge in [-0.3, -0.25) is 4.79 Å². The number of aromatic amines is 1. The molecule has 0 amide bonds. The van der Waals surface area contributed by atoms with Crippen molar-refractivity contribution >= 4 is 20.9 Å². The van der Waals surface area contributed by atoms with E-state index in [2.05, 4.69) is 11.9 Å². The summed E-state index contributed by atoms with van der Waals surface area (Å²) in [6.07, 6.45) is 2.46. The van der Waals surface area contributed by atoms with E-state index in [1.165, 1.54) is 4.31 Å². The van der Waals surface area contributed by atoms with Gasteiger partial charge in [-0.1, -0.05) is 30.7 Å². The molecule has 164 valence electrons. The molecule has 0 bridgehead atoms. The van der Waals surface area contributed by atoms with E-state index in [4.69, 9.17) is 4.74 Å². The quantitative estimate of drug-likeness (QED) is 0.607. The van der Waals surface area contributed by atoms with Gasteiger partial charge >= 0.3 is 0 Å². The van der Waals surface area contributed by atoms with Crippen molar-refractivity contribution in [1.82, 2.24) is 9.29 Å². The van der Waals surface area contributed by atoms with Gasteiger partial charge in [0, 0.05) is 30.8 Å². The van der Waals surface area contributed by atoms with E-state index < -0.39 is 10.0 Å². The van der Waals surface area contributed by atoms with Crippen LogP contribution in [0, 0.1) is 6.92 Å². The van der Waals surface area contributed by atoms with E-state index in [-0.39, 0.29) is 29.6 Å². The number of benzene rings is 2. The predicted molar refractivity (Wildman–Crippen MR) is 122 cm³/mol. The lowest BCUT2D eigenvalue weighted by Gasteiger charge is -2.25. The zero-order valence-electron chi connectivity index (χ0n) is 17.9. The summed E-state index contributed by atoms with van der Waals surface area (Å²) in [6.45, 7) is 4.85. The van der Waals surface area contributed by atoms with Gasteiger partial charge in [-0.15, -0.1) is 0 Å². The number of pyridine rings is 1. The van der Waals surface area contributed by atoms with Crippen LogP contribution in [0.1, 0.15) is 36.5 Å². The fourth-order valence-corrected chi connectivity index (χ4v) is 5.40. The van der Waals surface area contributed by atoms with Crippen molar-refractivity contribution in [2.75, 3.05) is 13.2 Å². The second-order valence-corrected chi connectivity index (χ2v) is 10.1. The van der Waals surface area contributed by atoms with E-state index in [0.29, 0.717) is 12.2 Å². The molecule has 0 radical (unpaired) electrons. The first-order valence-electron chi connectivity index (χ1n) is 10.7. The topological polar surface area (TPSA) is 79.5 Å². The first kappa shape index (κ1) is 21.7. The summed E-state index contributed by atoms with van der Waals surface area (Å²) in [5.74, 6) is 0. The smallest absolute Gasteiger partial charge is 0.252 e. The maximum absolute atomic E-state index is 13.5. The number of aryl methyl sites for hydroxylation is 2. The maximum atomic E-state index is 13.5. The van der Waals surface area contributed by atoms with E-state index in [0.717, 1.165) is 41.3 Å². The average Bonchev–Trinajstić information content (AvgIpc) is 3.27. The highest BCUT2D eigenvalue weighted by atomic mass is 32.2. The van der Waals surface area contributed by atoms with Gasteiger partial charge in [-0.2, -0.15) is 4.31 Å². The second kappa shape index (κ2) is 8.94. The van der Waals surface area contributed by atoms with Crippen molar-refractivity contribution < 1.29 is 13.2 Å². The van der Waals surface area contributed by atoms with Gasteiger partial charge < -0.3 is 9.72 Å². The lowest BCUT2D eigenvalue weighted by Crippen LogP contribution is -2.38. The monoisotopic (exact) mass is 440 g/mol. The molecule has 0 unspecified atom stereocenters. The van der Waals surface area contributed by atoms with Crippen LogP contribution in [0.2, 0.25) is 0 Å². The number of aromatic nitrogens is 1. The molecular formula is C24H28N2O4S. The van der Waals surface area contributed by atoms with Crippen molar-refractivity contribution in [2.45, 2.75) is 50.7 Å². The van der Waals surface area contributed by atoms with Crippen LogP contribution in [0.25, 0.3) is 10.9 Å². The summed E-state index contributed by atoms with van der Waals surface area (Å²) in [6, 6.07) is 14.5. The zero-order chi connectivity index (χ0) is 22.0. The van der Waals surface area contributed by atoms with Crippen molar-refractivity contribution in [3.63, 3.8) is 0 Å². The number of H-pyrrole nitrogens is 1. The maximum Gasteiger partial charge on any atom is 0.252 e. The predicted octanol–water partition coefficient (Wildman–Crippen LogP) is 3.77. The molecule has 1 saturated heterocycles. The van der Waals surface area contributed by atoms with Gasteiger partial charge in [0.15, 0.2) is 0 Å². The van der Waals surface area contributed by atoms with Crippen LogP contribution in [-0.4, -0.2) is 37.0 Å². The molecule has 1 atom stereocenters. The Balaban J connectivity index is 1.72. The van der Waals surface area contributed by atoms with Gasteiger partial charge in [-0.25, -0.2) is 8.42 Å². The molecule has 1 fully saturated rings. The summed E-state index contributed by atoms with van der Waals surface area (Å²) in [5.41, 5.74) is 3.05. The Kier molecular flexibility index (Phi) is 6.27. The minimum atomic E-state index is -3.79. The minimum Gasteiger partial charge on any atom is -0.377 e. The van der Waals surface area contributed by atoms with Gasteiger partial charge in [0.2, 0.25) is 10.0 Å². The Labute approximate surface area is 182 Å². The normalized spacial score (nSPS) is 16.9. The fourth-order valence-electron chi connectivity index (χ4n) is 3.95. The Bertz CT molecular complexity index is 1230. The van der Waals surface area contributed by atoms with Crippen LogP contribution < -0.4 is 5.56 Å². The molecule has 0 spiro atoms. The third-order valence-electron chi connectivity index (χ3n) is 5.83. The Morgan fingerprint density at radius 1 is 1.13 bits per heavy atom. The summed E-state index contributed by atoms with van der Waals surface area (Å²) in [4.78, 5) is 15.9. The minimum absolute atomic E-state index is 0.00229. The number of ether oxygens (including phenoxy) is 1. The molecule has 1 aromatic heterocycles. The fraction of sp³-hybridized carbons (Fsp3) is 0.375. The van der Waals surface area contributed by atoms with Crippen molar-refractivity contribution in [3.05, 3.63) is 75.6 Å². The van der Waals surface area contributed by atoms with E-state index in [1.807, 2.05) is 25.1 Å². The van der Waals surface area contributed by atoms with Crippen LogP contribution in [0.4, 0.5) is 0 Å². The Morgan fingerprint density at radius 3 is 2.58 bits per heavy atom. The first-order chi connectivity index (χ1) is 14.9. The molecule has 2 aromatic carbocycles. The molecule has 31 heavy (non-hydrogen) atoms. The Morgan fingerprint density at radius 2 is 1.90 bits per heavy atom. The molecule has 1 aliphatic rings. The molecule has 1 N–H and O–H groups in total. The van der Waals surface area contributed by atoms with Crippen LogP contribution in [-0.2, 0) is 27.7 Å². The van der Waals surface area contributed by atoms with Crippen molar-refractivity contribution in [2.24, 2.45) is 0 Å². The highest BCUT2D eigenvalue weighted by molar-refractivity contribution is 7.89. The third kappa shape index (κ3) is 4.74. The summed E-state index contributed by atoms with van der Waals surface area (Å²) < 4.78 is 34.0. The highest BCUT2D eigenvalue weighted by Gasteiger charge is 2.30. The number of nitrogens with one attached hydrogen (secondary N) is 1. The molecular weight excluding hydrogens is 412 g/mol. The van der Waals surface area contributed by atoms with Gasteiger partial charge in [0.1, 0.15) is 0 Å². The summed E-state index contributed by atoms with van der Waals surface area (Å²) in [7, 11) is -3.79. The molecule has 3 aromatic rings. The Hall–Kier alpha value is -2.48. The number of hydrogen-bond donors (Lipinski definition) is 1. The molecule has 2 heterocycles. The summed E-state index contributed by atoms with van der Waals surface area (Å²) in [5, 5.41) is 0.902. The molecule has 1 aliphatic heterocycles. The number of hydrogen-bond acceptors (Lipinski definition) is 4. The van der Waals surface area contributed by atoms with Gasteiger partial charge in [0.05, 0.1) is 11.0 Å². The highest BCUT2D eigenvalue weighted by Crippen LogP contribution is 2.23. The van der Waals surface area contributed by atoms with Gasteiger partial charge in [-0.05, 0) is 67.5 Å². The van der Waals surface area contributed by atoms with Crippen LogP contribution in [0.15, 0.2) is 58.2 Å². The molecule has 7 heteroatoms. The second-order valence-electron chi connectivity index (χ2n) is 8.14. The number of fused-ring (bicyclic) bond motifs is 1. The number of nitrogens with zero attached hydrogens (tertiary/aromatic N) is 1. The lowest BCUT2D eigenvalue weighted by molar-refractivity contribution is 0.0925. The van der Waals surface area contributed by atoms with Crippen molar-refractivity contribution in [3.8, 4) is 0 Å². The van der Waals surface area contributed by atoms with Crippen LogP contribution in [0.3, 0.4) is 0 Å². The molecule has 0 aliphatic carbocycles. The third-order valence-corrected chi connectivity index (χ3v) is 7.66. The number of rotatable bonds is 7. The number of sulfonamides is 1. The first-order valence-corrected chi connectivity index (χ1v) is 12.1. The molecule has 4 rings (SSSR count). The average molecular weight is 441 g/mol. The summed E-state index contributed by atoms with van der Waals surface area (Å²) >= 11 is 0. The van der Waals surface area contributed by atoms with Crippen LogP contribution >= 0.6 is 0 Å². The SMILES string of the molecule is CCc1ccc2[nH]c(=O)c(CN(C[C@H]3CCCO3)S(=O)(=O)c3ccc(C)cc3)cc2c1.